The lowest BCUT2D eigenvalue weighted by atomic mass is 10.1. The molecule has 0 saturated carbocycles. The highest BCUT2D eigenvalue weighted by Crippen LogP contribution is 2.26. The third-order valence-corrected chi connectivity index (χ3v) is 6.25. The van der Waals surface area contributed by atoms with Crippen LogP contribution in [0, 0.1) is 5.92 Å². The Labute approximate surface area is 215 Å². The molecule has 0 heterocycles. The molecule has 0 saturated heterocycles. The number of hydrogen-bond acceptors (Lipinski definition) is 5. The Kier molecular flexibility index (Phi) is 13.3. The van der Waals surface area contributed by atoms with E-state index in [2.05, 4.69) is 6.92 Å². The van der Waals surface area contributed by atoms with E-state index in [0.717, 1.165) is 19.3 Å². The van der Waals surface area contributed by atoms with E-state index in [1.807, 2.05) is 13.8 Å². The average molecular weight is 503 g/mol. The van der Waals surface area contributed by atoms with Gasteiger partial charge in [0.25, 0.3) is 0 Å². The number of para-hydroxylation sites is 1. The predicted molar refractivity (Wildman–Crippen MR) is 141 cm³/mol. The normalized spacial score (nSPS) is 11.7. The Morgan fingerprint density at radius 3 is 2.23 bits per heavy atom. The highest BCUT2D eigenvalue weighted by Gasteiger charge is 2.19. The van der Waals surface area contributed by atoms with E-state index in [1.54, 1.807) is 42.5 Å². The molecule has 0 aliphatic carbocycles. The van der Waals surface area contributed by atoms with Gasteiger partial charge in [0.05, 0.1) is 23.8 Å². The maximum Gasteiger partial charge on any atom is 0.345 e. The predicted octanol–water partition coefficient (Wildman–Crippen LogP) is 8.28. The van der Waals surface area contributed by atoms with Gasteiger partial charge in [-0.3, -0.25) is 0 Å². The molecule has 0 bridgehead atoms. The summed E-state index contributed by atoms with van der Waals surface area (Å²) in [6.45, 7) is 7.19. The smallest absolute Gasteiger partial charge is 0.345 e. The second kappa shape index (κ2) is 16.2. The van der Waals surface area contributed by atoms with Crippen LogP contribution in [0.4, 0.5) is 0 Å². The minimum Gasteiger partial charge on any atom is -0.494 e. The topological polar surface area (TPSA) is 61.8 Å². The first-order valence-corrected chi connectivity index (χ1v) is 13.2. The highest BCUT2D eigenvalue weighted by atomic mass is 35.5. The molecule has 6 heteroatoms. The number of benzene rings is 2. The number of esters is 2. The molecule has 0 N–H and O–H groups in total. The number of carbonyl (C=O) groups excluding carboxylic acids is 2. The van der Waals surface area contributed by atoms with Crippen LogP contribution in [0.5, 0.6) is 11.5 Å². The zero-order chi connectivity index (χ0) is 25.5. The van der Waals surface area contributed by atoms with E-state index in [9.17, 15) is 9.59 Å². The van der Waals surface area contributed by atoms with Crippen molar-refractivity contribution in [1.82, 2.24) is 0 Å². The van der Waals surface area contributed by atoms with Crippen LogP contribution in [0.15, 0.2) is 42.5 Å². The molecule has 0 radical (unpaired) electrons. The van der Waals surface area contributed by atoms with Gasteiger partial charge in [-0.05, 0) is 42.7 Å². The second-order valence-corrected chi connectivity index (χ2v) is 9.37. The first-order valence-electron chi connectivity index (χ1n) is 12.9. The summed E-state index contributed by atoms with van der Waals surface area (Å²) in [5, 5.41) is 0.236. The van der Waals surface area contributed by atoms with Crippen molar-refractivity contribution in [3.05, 3.63) is 58.6 Å². The molecule has 0 aliphatic rings. The average Bonchev–Trinajstić information content (AvgIpc) is 2.86. The van der Waals surface area contributed by atoms with E-state index in [4.69, 9.17) is 25.8 Å². The summed E-state index contributed by atoms with van der Waals surface area (Å²) in [7, 11) is 0. The number of halogens is 1. The number of unbranched alkanes of at least 4 members (excludes halogenated alkanes) is 7. The Balaban J connectivity index is 1.86. The van der Waals surface area contributed by atoms with Crippen LogP contribution in [-0.2, 0) is 4.74 Å². The molecule has 0 aromatic heterocycles. The van der Waals surface area contributed by atoms with Crippen molar-refractivity contribution in [1.29, 1.82) is 0 Å². The summed E-state index contributed by atoms with van der Waals surface area (Å²) in [6, 6.07) is 11.4. The zero-order valence-electron chi connectivity index (χ0n) is 21.3. The number of ether oxygens (including phenoxy) is 3. The van der Waals surface area contributed by atoms with Gasteiger partial charge in [-0.15, -0.1) is 0 Å². The molecule has 1 atom stereocenters. The number of rotatable bonds is 16. The summed E-state index contributed by atoms with van der Waals surface area (Å²) in [5.41, 5.74) is 0.402. The monoisotopic (exact) mass is 502 g/mol. The Hall–Kier alpha value is -2.53. The molecule has 0 amide bonds. The fourth-order valence-electron chi connectivity index (χ4n) is 3.47. The van der Waals surface area contributed by atoms with Crippen molar-refractivity contribution >= 4 is 23.5 Å². The zero-order valence-corrected chi connectivity index (χ0v) is 22.1. The third-order valence-electron chi connectivity index (χ3n) is 5.93. The summed E-state index contributed by atoms with van der Waals surface area (Å²) in [5.74, 6) is -0.165. The van der Waals surface area contributed by atoms with E-state index in [0.29, 0.717) is 19.0 Å². The van der Waals surface area contributed by atoms with Gasteiger partial charge in [0.1, 0.15) is 17.1 Å². The summed E-state index contributed by atoms with van der Waals surface area (Å²) < 4.78 is 16.7. The molecule has 5 nitrogen and oxygen atoms in total. The summed E-state index contributed by atoms with van der Waals surface area (Å²) in [4.78, 5) is 25.2. The van der Waals surface area contributed by atoms with Crippen LogP contribution >= 0.6 is 11.6 Å². The van der Waals surface area contributed by atoms with Crippen molar-refractivity contribution in [2.45, 2.75) is 78.6 Å². The molecular weight excluding hydrogens is 464 g/mol. The van der Waals surface area contributed by atoms with E-state index < -0.39 is 11.9 Å². The molecular formula is C29H39ClO5. The van der Waals surface area contributed by atoms with E-state index in [-0.39, 0.29) is 27.8 Å². The van der Waals surface area contributed by atoms with Crippen LogP contribution < -0.4 is 9.47 Å². The Bertz CT molecular complexity index is 927. The molecule has 1 unspecified atom stereocenters. The van der Waals surface area contributed by atoms with E-state index in [1.165, 1.54) is 38.5 Å². The van der Waals surface area contributed by atoms with E-state index >= 15 is 0 Å². The maximum absolute atomic E-state index is 12.8. The minimum absolute atomic E-state index is 0.137. The van der Waals surface area contributed by atoms with Crippen LogP contribution in [0.2, 0.25) is 5.02 Å². The van der Waals surface area contributed by atoms with Crippen molar-refractivity contribution < 1.29 is 23.8 Å². The lowest BCUT2D eigenvalue weighted by molar-refractivity contribution is 0.0442. The largest absolute Gasteiger partial charge is 0.494 e. The molecule has 0 aliphatic heterocycles. The van der Waals surface area contributed by atoms with Crippen LogP contribution in [0.25, 0.3) is 0 Å². The van der Waals surface area contributed by atoms with Gasteiger partial charge in [0.2, 0.25) is 0 Å². The maximum atomic E-state index is 12.8. The lowest BCUT2D eigenvalue weighted by Crippen LogP contribution is -2.15. The Morgan fingerprint density at radius 1 is 0.857 bits per heavy atom. The quantitative estimate of drug-likeness (QED) is 0.131. The fraction of sp³-hybridized carbons (Fsp3) is 0.517. The van der Waals surface area contributed by atoms with Gasteiger partial charge < -0.3 is 14.2 Å². The van der Waals surface area contributed by atoms with Gasteiger partial charge in [0.15, 0.2) is 0 Å². The first-order chi connectivity index (χ1) is 17.0. The minimum atomic E-state index is -0.646. The third kappa shape index (κ3) is 10.3. The highest BCUT2D eigenvalue weighted by molar-refractivity contribution is 6.33. The standard InChI is InChI=1S/C29H39ClO5/c1-4-6-7-8-9-10-11-14-19-33-23-17-18-24(26(30)20-23)29(32)35-27-16-13-12-15-25(27)28(31)34-21-22(3)5-2/h12-13,15-18,20,22H,4-11,14,19,21H2,1-3H3. The van der Waals surface area contributed by atoms with Gasteiger partial charge in [-0.25, -0.2) is 9.59 Å². The SMILES string of the molecule is CCCCCCCCCCOc1ccc(C(=O)Oc2ccccc2C(=O)OCC(C)CC)c(Cl)c1. The summed E-state index contributed by atoms with van der Waals surface area (Å²) in [6.07, 6.45) is 10.8. The molecule has 192 valence electrons. The molecule has 0 fully saturated rings. The van der Waals surface area contributed by atoms with Crippen LogP contribution in [0.3, 0.4) is 0 Å². The molecule has 2 aromatic rings. The van der Waals surface area contributed by atoms with Crippen LogP contribution in [0.1, 0.15) is 99.3 Å². The van der Waals surface area contributed by atoms with Gasteiger partial charge in [-0.1, -0.05) is 95.9 Å². The molecule has 2 rings (SSSR count). The number of carbonyl (C=O) groups is 2. The van der Waals surface area contributed by atoms with Gasteiger partial charge in [0, 0.05) is 0 Å². The first kappa shape index (κ1) is 28.7. The van der Waals surface area contributed by atoms with Crippen molar-refractivity contribution in [3.63, 3.8) is 0 Å². The van der Waals surface area contributed by atoms with Crippen molar-refractivity contribution in [3.8, 4) is 11.5 Å². The van der Waals surface area contributed by atoms with Gasteiger partial charge in [-0.2, -0.15) is 0 Å². The molecule has 0 spiro atoms. The summed E-state index contributed by atoms with van der Waals surface area (Å²) >= 11 is 6.34. The second-order valence-electron chi connectivity index (χ2n) is 8.96. The van der Waals surface area contributed by atoms with Crippen LogP contribution in [-0.4, -0.2) is 25.2 Å². The fourth-order valence-corrected chi connectivity index (χ4v) is 3.72. The van der Waals surface area contributed by atoms with Gasteiger partial charge >= 0.3 is 11.9 Å². The lowest BCUT2D eigenvalue weighted by Gasteiger charge is -2.13. The number of hydrogen-bond donors (Lipinski definition) is 0. The Morgan fingerprint density at radius 2 is 1.54 bits per heavy atom. The molecule has 2 aromatic carbocycles. The van der Waals surface area contributed by atoms with Crippen molar-refractivity contribution in [2.24, 2.45) is 5.92 Å². The van der Waals surface area contributed by atoms with Crippen molar-refractivity contribution in [2.75, 3.05) is 13.2 Å². The molecule has 35 heavy (non-hydrogen) atoms.